The van der Waals surface area contributed by atoms with Crippen molar-refractivity contribution in [2.75, 3.05) is 0 Å². The van der Waals surface area contributed by atoms with Crippen LogP contribution in [0.15, 0.2) is 12.1 Å². The first kappa shape index (κ1) is 16.5. The minimum absolute atomic E-state index is 0.0667. The monoisotopic (exact) mass is 349 g/mol. The molecule has 2 N–H and O–H groups in total. The number of hydrogen-bond donors (Lipinski definition) is 2. The topological polar surface area (TPSA) is 77.8 Å². The van der Waals surface area contributed by atoms with Gasteiger partial charge in [-0.1, -0.05) is 0 Å². The van der Waals surface area contributed by atoms with Crippen molar-refractivity contribution in [3.8, 4) is 0 Å². The normalized spacial score (nSPS) is 28.1. The molecule has 2 saturated heterocycles. The molecule has 0 radical (unpaired) electrons. The number of benzene rings is 1. The number of piperidine rings is 1. The van der Waals surface area contributed by atoms with Crippen molar-refractivity contribution in [1.29, 1.82) is 0 Å². The van der Waals surface area contributed by atoms with Gasteiger partial charge in [-0.25, -0.2) is 13.2 Å². The number of carbonyl (C=O) groups excluding carboxylic acids is 1. The Bertz CT molecular complexity index is 708. The van der Waals surface area contributed by atoms with Crippen LogP contribution in [0.5, 0.6) is 0 Å². The molecule has 23 heavy (non-hydrogen) atoms. The molecule has 2 fully saturated rings. The Labute approximate surface area is 130 Å². The van der Waals surface area contributed by atoms with E-state index in [1.807, 2.05) is 0 Å². The second-order valence-corrected chi connectivity index (χ2v) is 7.76. The summed E-state index contributed by atoms with van der Waals surface area (Å²) in [6.45, 7) is 0. The van der Waals surface area contributed by atoms with Crippen molar-refractivity contribution in [2.24, 2.45) is 0 Å². The number of amides is 1. The van der Waals surface area contributed by atoms with Crippen molar-refractivity contribution in [2.45, 2.75) is 43.4 Å². The first-order valence-electron chi connectivity index (χ1n) is 7.22. The quantitative estimate of drug-likeness (QED) is 0.635. The summed E-state index contributed by atoms with van der Waals surface area (Å²) >= 11 is 0. The fourth-order valence-electron chi connectivity index (χ4n) is 3.56. The van der Waals surface area contributed by atoms with Crippen LogP contribution in [0.2, 0.25) is 0 Å². The van der Waals surface area contributed by atoms with Crippen LogP contribution >= 0.6 is 7.60 Å². The highest BCUT2D eigenvalue weighted by molar-refractivity contribution is 7.53. The van der Waals surface area contributed by atoms with Crippen LogP contribution in [0.4, 0.5) is 13.2 Å². The van der Waals surface area contributed by atoms with E-state index in [0.717, 1.165) is 0 Å². The number of halogens is 3. The molecule has 1 aromatic rings. The zero-order valence-electron chi connectivity index (χ0n) is 12.0. The zero-order valence-corrected chi connectivity index (χ0v) is 12.8. The lowest BCUT2D eigenvalue weighted by molar-refractivity contribution is -0.136. The van der Waals surface area contributed by atoms with Gasteiger partial charge in [0.05, 0.1) is 6.04 Å². The second kappa shape index (κ2) is 5.61. The highest BCUT2D eigenvalue weighted by atomic mass is 31.2. The fraction of sp³-hybridized carbons (Fsp3) is 0.500. The summed E-state index contributed by atoms with van der Waals surface area (Å²) in [6, 6.07) is 0.0404. The maximum absolute atomic E-state index is 14.0. The van der Waals surface area contributed by atoms with Crippen molar-refractivity contribution in [1.82, 2.24) is 4.90 Å². The Morgan fingerprint density at radius 2 is 1.61 bits per heavy atom. The molecule has 5 nitrogen and oxygen atoms in total. The second-order valence-electron chi connectivity index (χ2n) is 5.96. The molecule has 126 valence electrons. The summed E-state index contributed by atoms with van der Waals surface area (Å²) in [4.78, 5) is 32.3. The number of fused-ring (bicyclic) bond motifs is 1. The highest BCUT2D eigenvalue weighted by Gasteiger charge is 2.49. The average Bonchev–Trinajstić information content (AvgIpc) is 2.86. The van der Waals surface area contributed by atoms with Crippen LogP contribution in [0.25, 0.3) is 0 Å². The number of nitrogens with zero attached hydrogens (tertiary/aromatic N) is 1. The number of carbonyl (C=O) groups is 1. The molecule has 3 rings (SSSR count). The van der Waals surface area contributed by atoms with Crippen LogP contribution in [-0.4, -0.2) is 32.3 Å². The zero-order chi connectivity index (χ0) is 16.9. The van der Waals surface area contributed by atoms with E-state index in [0.29, 0.717) is 31.4 Å². The maximum Gasteiger partial charge on any atom is 0.337 e. The third kappa shape index (κ3) is 2.79. The van der Waals surface area contributed by atoms with Gasteiger partial charge in [0.25, 0.3) is 0 Å². The van der Waals surface area contributed by atoms with Gasteiger partial charge in [-0.15, -0.1) is 0 Å². The Morgan fingerprint density at radius 3 is 2.26 bits per heavy atom. The summed E-state index contributed by atoms with van der Waals surface area (Å²) in [6.07, 6.45) is 1.33. The summed E-state index contributed by atoms with van der Waals surface area (Å²) in [5.74, 6) is -4.26. The summed E-state index contributed by atoms with van der Waals surface area (Å²) < 4.78 is 52.0. The van der Waals surface area contributed by atoms with Crippen molar-refractivity contribution >= 4 is 13.5 Å². The Hall–Kier alpha value is -1.37. The predicted octanol–water partition coefficient (Wildman–Crippen LogP) is 2.48. The smallest absolute Gasteiger partial charge is 0.332 e. The van der Waals surface area contributed by atoms with E-state index in [9.17, 15) is 32.3 Å². The highest BCUT2D eigenvalue weighted by Crippen LogP contribution is 2.51. The van der Waals surface area contributed by atoms with Crippen LogP contribution in [-0.2, 0) is 9.36 Å². The van der Waals surface area contributed by atoms with Gasteiger partial charge < -0.3 is 14.7 Å². The van der Waals surface area contributed by atoms with Gasteiger partial charge in [0.15, 0.2) is 11.6 Å². The minimum Gasteiger partial charge on any atom is -0.332 e. The van der Waals surface area contributed by atoms with Crippen LogP contribution in [0.3, 0.4) is 0 Å². The van der Waals surface area contributed by atoms with Crippen molar-refractivity contribution < 1.29 is 32.3 Å². The van der Waals surface area contributed by atoms with Crippen molar-refractivity contribution in [3.05, 3.63) is 35.1 Å². The van der Waals surface area contributed by atoms with Crippen molar-refractivity contribution in [3.63, 3.8) is 0 Å². The molecular formula is C14H15F3NO4P. The van der Waals surface area contributed by atoms with E-state index in [1.54, 1.807) is 0 Å². The summed E-state index contributed by atoms with van der Waals surface area (Å²) in [5.41, 5.74) is -1.61. The van der Waals surface area contributed by atoms with Gasteiger partial charge in [-0.05, 0) is 31.7 Å². The molecule has 0 bridgehead atoms. The summed E-state index contributed by atoms with van der Waals surface area (Å²) in [7, 11) is -4.61. The van der Waals surface area contributed by atoms with E-state index in [4.69, 9.17) is 0 Å². The Kier molecular flexibility index (Phi) is 4.02. The molecule has 2 aliphatic heterocycles. The van der Waals surface area contributed by atoms with E-state index in [1.165, 1.54) is 4.90 Å². The lowest BCUT2D eigenvalue weighted by Crippen LogP contribution is -2.47. The molecular weight excluding hydrogens is 334 g/mol. The van der Waals surface area contributed by atoms with E-state index in [-0.39, 0.29) is 18.0 Å². The maximum atomic E-state index is 14.0. The lowest BCUT2D eigenvalue weighted by Gasteiger charge is -2.38. The SMILES string of the molecule is O=C1C(P(=O)(O)O)CC[C@@H]2CC[C@@H](c3cc(F)c(F)cc3F)N12. The molecule has 0 aromatic heterocycles. The van der Waals surface area contributed by atoms with Crippen LogP contribution in [0.1, 0.15) is 37.3 Å². The fourth-order valence-corrected chi connectivity index (χ4v) is 4.46. The molecule has 2 aliphatic rings. The molecule has 3 atom stereocenters. The van der Waals surface area contributed by atoms with Gasteiger partial charge in [-0.3, -0.25) is 9.36 Å². The Morgan fingerprint density at radius 1 is 1.00 bits per heavy atom. The predicted molar refractivity (Wildman–Crippen MR) is 74.0 cm³/mol. The first-order valence-corrected chi connectivity index (χ1v) is 8.90. The van der Waals surface area contributed by atoms with E-state index in [2.05, 4.69) is 0 Å². The first-order chi connectivity index (χ1) is 10.7. The van der Waals surface area contributed by atoms with Gasteiger partial charge >= 0.3 is 7.60 Å². The van der Waals surface area contributed by atoms with Crippen LogP contribution < -0.4 is 0 Å². The average molecular weight is 349 g/mol. The molecule has 0 saturated carbocycles. The largest absolute Gasteiger partial charge is 0.337 e. The van der Waals surface area contributed by atoms with Gasteiger partial charge in [0.2, 0.25) is 5.91 Å². The number of hydrogen-bond acceptors (Lipinski definition) is 2. The molecule has 9 heteroatoms. The minimum atomic E-state index is -4.61. The van der Waals surface area contributed by atoms with Gasteiger partial charge in [0, 0.05) is 17.7 Å². The van der Waals surface area contributed by atoms with Crippen LogP contribution in [0, 0.1) is 17.5 Å². The standard InChI is InChI=1S/C14H15F3NO4P/c15-9-6-11(17)10(16)5-8(9)12-3-1-7-2-4-13(23(20,21)22)14(19)18(7)12/h5-7,12-13H,1-4H2,(H2,20,21,22)/t7-,12-,13?/m0/s1. The van der Waals surface area contributed by atoms with E-state index < -0.39 is 42.7 Å². The molecule has 1 aromatic carbocycles. The van der Waals surface area contributed by atoms with E-state index >= 15 is 0 Å². The molecule has 0 aliphatic carbocycles. The molecule has 0 spiro atoms. The third-order valence-electron chi connectivity index (χ3n) is 4.62. The number of rotatable bonds is 2. The lowest BCUT2D eigenvalue weighted by atomic mass is 10.0. The van der Waals surface area contributed by atoms with Gasteiger partial charge in [-0.2, -0.15) is 0 Å². The van der Waals surface area contributed by atoms with Gasteiger partial charge in [0.1, 0.15) is 11.5 Å². The molecule has 1 amide bonds. The third-order valence-corrected chi connectivity index (χ3v) is 5.91. The molecule has 2 heterocycles. The molecule has 1 unspecified atom stereocenters. The summed E-state index contributed by atoms with van der Waals surface area (Å²) in [5, 5.41) is 0. The Balaban J connectivity index is 1.98.